The van der Waals surface area contributed by atoms with Crippen LogP contribution in [0.5, 0.6) is 0 Å². The zero-order valence-corrected chi connectivity index (χ0v) is 42.9. The minimum Gasteiger partial charge on any atom is -0.597 e. The molecule has 0 aromatic carbocycles. The number of hydrogen-bond donors (Lipinski definition) is 16. The Labute approximate surface area is 442 Å². The SMILES string of the molecule is CCCCCCCCCCCC(=O)N[C@H](C(=O)N[C@@H](CO)C(=O)N[C@H](CO)C(=O)N[C@H]1CCCNC(=O)[C@@H](CCC[N+]([O-])=NO)NC(=O)CNC(=O)[C@H](CCC(N)=O)NC(=O)[C@@H](CCC[N+]([O-])=NO)NC1=O)[C@@H](O)C(=O)O. The second kappa shape index (κ2) is 38.1. The minimum atomic E-state index is -2.53. The van der Waals surface area contributed by atoms with Crippen molar-refractivity contribution in [3.63, 3.8) is 0 Å². The number of aliphatic hydroxyl groups is 3. The van der Waals surface area contributed by atoms with Gasteiger partial charge in [0.1, 0.15) is 42.3 Å². The third-order valence-corrected chi connectivity index (χ3v) is 11.8. The van der Waals surface area contributed by atoms with E-state index in [4.69, 9.17) is 16.1 Å². The minimum absolute atomic E-state index is 0.0981. The van der Waals surface area contributed by atoms with Gasteiger partial charge in [0.15, 0.2) is 29.7 Å². The lowest BCUT2D eigenvalue weighted by Crippen LogP contribution is -2.62. The molecule has 17 N–H and O–H groups in total. The molecule has 1 rings (SSSR count). The average Bonchev–Trinajstić information content (AvgIpc) is 3.39. The monoisotopic (exact) mass is 1100 g/mol. The molecule has 0 radical (unpaired) electrons. The summed E-state index contributed by atoms with van der Waals surface area (Å²) in [6, 6.07) is -12.6. The molecule has 8 atom stereocenters. The van der Waals surface area contributed by atoms with Crippen molar-refractivity contribution in [3.8, 4) is 0 Å². The maximum atomic E-state index is 14.1. The summed E-state index contributed by atoms with van der Waals surface area (Å²) in [6.07, 6.45) is 3.08. The highest BCUT2D eigenvalue weighted by Crippen LogP contribution is 2.12. The predicted molar refractivity (Wildman–Crippen MR) is 261 cm³/mol. The molecule has 33 heteroatoms. The van der Waals surface area contributed by atoms with Gasteiger partial charge in [0.2, 0.25) is 59.1 Å². The Kier molecular flexibility index (Phi) is 33.4. The molecule has 33 nitrogen and oxygen atoms in total. The molecule has 0 saturated carbocycles. The van der Waals surface area contributed by atoms with E-state index in [1.165, 1.54) is 0 Å². The van der Waals surface area contributed by atoms with E-state index < -0.39 is 172 Å². The molecule has 0 spiro atoms. The molecule has 10 amide bonds. The number of unbranched alkanes of at least 4 members (excludes halogenated alkanes) is 8. The van der Waals surface area contributed by atoms with E-state index in [2.05, 4.69) is 54.7 Å². The number of nitrogens with one attached hydrogen (secondary N) is 9. The van der Waals surface area contributed by atoms with Gasteiger partial charge in [-0.25, -0.2) is 4.79 Å². The first kappa shape index (κ1) is 67.5. The molecule has 0 unspecified atom stereocenters. The maximum Gasteiger partial charge on any atom is 0.335 e. The van der Waals surface area contributed by atoms with Crippen LogP contribution in [-0.2, 0) is 52.7 Å². The van der Waals surface area contributed by atoms with Crippen LogP contribution in [0, 0.1) is 10.4 Å². The molecule has 1 saturated heterocycles. The number of aliphatic hydroxyl groups excluding tert-OH is 3. The van der Waals surface area contributed by atoms with Crippen molar-refractivity contribution < 1.29 is 93.3 Å². The molecule has 77 heavy (non-hydrogen) atoms. The van der Waals surface area contributed by atoms with Gasteiger partial charge in [0.25, 0.3) is 0 Å². The van der Waals surface area contributed by atoms with Crippen molar-refractivity contribution in [2.75, 3.05) is 39.4 Å². The third-order valence-electron chi connectivity index (χ3n) is 11.8. The van der Waals surface area contributed by atoms with E-state index in [1.807, 2.05) is 10.6 Å². The van der Waals surface area contributed by atoms with Crippen molar-refractivity contribution >= 4 is 65.0 Å². The summed E-state index contributed by atoms with van der Waals surface area (Å²) in [5.74, 6) is -12.8. The summed E-state index contributed by atoms with van der Waals surface area (Å²) in [7, 11) is 0. The summed E-state index contributed by atoms with van der Waals surface area (Å²) in [4.78, 5) is 144. The van der Waals surface area contributed by atoms with E-state index in [9.17, 15) is 83.6 Å². The molecule has 436 valence electrons. The number of primary amides is 1. The van der Waals surface area contributed by atoms with E-state index in [-0.39, 0.29) is 48.4 Å². The van der Waals surface area contributed by atoms with Crippen molar-refractivity contribution in [1.82, 2.24) is 47.9 Å². The average molecular weight is 1110 g/mol. The molecule has 1 fully saturated rings. The quantitative estimate of drug-likeness (QED) is 0.0130. The van der Waals surface area contributed by atoms with Crippen molar-refractivity contribution in [3.05, 3.63) is 10.4 Å². The highest BCUT2D eigenvalue weighted by atomic mass is 16.6. The van der Waals surface area contributed by atoms with Crippen LogP contribution in [0.2, 0.25) is 0 Å². The molecule has 0 bridgehead atoms. The number of carbonyl (C=O) groups excluding carboxylic acids is 10. The van der Waals surface area contributed by atoms with Crippen LogP contribution in [0.1, 0.15) is 122 Å². The summed E-state index contributed by atoms with van der Waals surface area (Å²) in [6.45, 7) is -2.35. The van der Waals surface area contributed by atoms with Gasteiger partial charge in [-0.15, -0.1) is 0 Å². The van der Waals surface area contributed by atoms with Crippen LogP contribution in [-0.4, -0.2) is 193 Å². The Morgan fingerprint density at radius 2 is 1.17 bits per heavy atom. The largest absolute Gasteiger partial charge is 0.597 e. The molecule has 0 aromatic heterocycles. The van der Waals surface area contributed by atoms with E-state index in [0.717, 1.165) is 44.9 Å². The fraction of sp³-hybridized carbons (Fsp3) is 0.750. The van der Waals surface area contributed by atoms with Gasteiger partial charge in [-0.05, 0) is 38.5 Å². The van der Waals surface area contributed by atoms with Gasteiger partial charge in [-0.2, -0.15) is 0 Å². The fourth-order valence-corrected chi connectivity index (χ4v) is 7.50. The number of nitrogens with two attached hydrogens (primary N) is 1. The molecule has 1 aliphatic heterocycles. The van der Waals surface area contributed by atoms with Gasteiger partial charge in [-0.1, -0.05) is 68.0 Å². The first-order chi connectivity index (χ1) is 36.6. The Hall–Kier alpha value is -7.55. The van der Waals surface area contributed by atoms with Gasteiger partial charge in [0.05, 0.1) is 19.8 Å². The highest BCUT2D eigenvalue weighted by molar-refractivity contribution is 5.98. The Morgan fingerprint density at radius 1 is 0.662 bits per heavy atom. The molecular formula is C44H76N14O19. The van der Waals surface area contributed by atoms with Crippen LogP contribution in [0.3, 0.4) is 0 Å². The number of carboxylic acids is 1. The van der Waals surface area contributed by atoms with Crippen molar-refractivity contribution in [2.24, 2.45) is 16.3 Å². The lowest BCUT2D eigenvalue weighted by Gasteiger charge is -2.27. The summed E-state index contributed by atoms with van der Waals surface area (Å²) in [5, 5.41) is 106. The van der Waals surface area contributed by atoms with Gasteiger partial charge in [0, 0.05) is 32.2 Å². The number of hydroxylamine groups is 2. The van der Waals surface area contributed by atoms with Crippen LogP contribution < -0.4 is 53.6 Å². The van der Waals surface area contributed by atoms with Gasteiger partial charge < -0.3 is 94.8 Å². The lowest BCUT2D eigenvalue weighted by atomic mass is 10.0. The summed E-state index contributed by atoms with van der Waals surface area (Å²) >= 11 is 0. The first-order valence-corrected chi connectivity index (χ1v) is 25.3. The molecule has 1 aliphatic rings. The second-order valence-corrected chi connectivity index (χ2v) is 18.0. The first-order valence-electron chi connectivity index (χ1n) is 25.3. The lowest BCUT2D eigenvalue weighted by molar-refractivity contribution is -0.556. The molecule has 0 aromatic rings. The van der Waals surface area contributed by atoms with Crippen molar-refractivity contribution in [2.45, 2.75) is 171 Å². The maximum absolute atomic E-state index is 14.1. The number of carbonyl (C=O) groups is 11. The third kappa shape index (κ3) is 27.7. The molecule has 0 aliphatic carbocycles. The number of carboxylic acid groups (broad SMARTS) is 1. The second-order valence-electron chi connectivity index (χ2n) is 18.0. The number of aliphatic carboxylic acids is 1. The number of hydrogen-bond acceptors (Lipinski definition) is 18. The van der Waals surface area contributed by atoms with Gasteiger partial charge in [-0.3, -0.25) is 47.9 Å². The number of nitrogens with zero attached hydrogens (tertiary/aromatic N) is 4. The predicted octanol–water partition coefficient (Wildman–Crippen LogP) is -4.71. The zero-order valence-electron chi connectivity index (χ0n) is 42.9. The number of rotatable bonds is 32. The zero-order chi connectivity index (χ0) is 57.9. The summed E-state index contributed by atoms with van der Waals surface area (Å²) in [5.41, 5.74) is 5.27. The van der Waals surface area contributed by atoms with Crippen molar-refractivity contribution in [1.29, 1.82) is 0 Å². The Morgan fingerprint density at radius 3 is 1.71 bits per heavy atom. The molecular weight excluding hydrogens is 1030 g/mol. The Bertz CT molecular complexity index is 2030. The van der Waals surface area contributed by atoms with E-state index in [0.29, 0.717) is 12.8 Å². The fourth-order valence-electron chi connectivity index (χ4n) is 7.50. The van der Waals surface area contributed by atoms with E-state index >= 15 is 0 Å². The standard InChI is InChI=1S/C44H76N14O19/c1-2-3-4-5-6-7-8-9-10-17-33(62)54-35(36(64)44(72)73)43(71)53-31(25-60)42(70)52-30(24-59)41(69)50-27-14-11-20-46-37(65)26(15-12-21-57(76)55-74)48-34(63)23-47-38(66)29(18-19-32(45)61)51-40(68)28(49-39(27)67)16-13-22-58(77)56-75/h26-31,35-36,59-60,64,74-75H,2-25H2,1H3,(H2,45,61)(H,46,65)(H,47,66)(H,48,63)(H,49,67)(H,50,69)(H,51,68)(H,52,70)(H,53,71)(H,54,62)(H,72,73)/t26-,27+,28-,29+,30-,31+,35+,36-/m1/s1. The van der Waals surface area contributed by atoms with Crippen LogP contribution in [0.4, 0.5) is 0 Å². The smallest absolute Gasteiger partial charge is 0.335 e. The van der Waals surface area contributed by atoms with Gasteiger partial charge >= 0.3 is 5.97 Å². The van der Waals surface area contributed by atoms with Crippen LogP contribution in [0.25, 0.3) is 0 Å². The number of amides is 10. The topological polar surface area (TPSA) is 520 Å². The molecule has 1 heterocycles. The summed E-state index contributed by atoms with van der Waals surface area (Å²) < 4.78 is 0. The Balaban J connectivity index is 3.46. The van der Waals surface area contributed by atoms with E-state index in [1.54, 1.807) is 0 Å². The normalized spacial score (nSPS) is 19.9. The van der Waals surface area contributed by atoms with Crippen LogP contribution >= 0.6 is 0 Å². The van der Waals surface area contributed by atoms with Crippen LogP contribution in [0.15, 0.2) is 10.6 Å². The highest BCUT2D eigenvalue weighted by Gasteiger charge is 2.37.